The van der Waals surface area contributed by atoms with E-state index < -0.39 is 17.9 Å². The monoisotopic (exact) mass is 452 g/mol. The molecule has 3 rings (SSSR count). The number of fused-ring (bicyclic) bond motifs is 1. The summed E-state index contributed by atoms with van der Waals surface area (Å²) in [5.41, 5.74) is 3.01. The van der Waals surface area contributed by atoms with E-state index in [1.807, 2.05) is 61.5 Å². The van der Waals surface area contributed by atoms with E-state index in [1.165, 1.54) is 4.90 Å². The third-order valence-corrected chi connectivity index (χ3v) is 6.12. The van der Waals surface area contributed by atoms with Crippen LogP contribution in [0.2, 0.25) is 0 Å². The number of carbonyl (C=O) groups is 3. The maximum Gasteiger partial charge on any atom is 0.326 e. The fourth-order valence-corrected chi connectivity index (χ4v) is 4.26. The standard InChI is InChI=1S/C26H32N2O5/c1-3-27(17-22(25(31)33-4-2)15-14-19-10-6-5-7-11-19)26(32)28-18-21-13-9-8-12-20(21)16-23(28)24(29)30/h5-13,22-23H,3-4,14-18H2,1-2H3,(H,29,30)/t22-,23-/m0/s1. The molecule has 0 bridgehead atoms. The molecule has 176 valence electrons. The van der Waals surface area contributed by atoms with Crippen LogP contribution in [0.3, 0.4) is 0 Å². The minimum absolute atomic E-state index is 0.186. The fraction of sp³-hybridized carbons (Fsp3) is 0.423. The van der Waals surface area contributed by atoms with Crippen molar-refractivity contribution < 1.29 is 24.2 Å². The van der Waals surface area contributed by atoms with E-state index in [1.54, 1.807) is 11.8 Å². The molecule has 2 aromatic rings. The number of nitrogens with zero attached hydrogens (tertiary/aromatic N) is 2. The van der Waals surface area contributed by atoms with E-state index in [9.17, 15) is 19.5 Å². The SMILES string of the molecule is CCOC(=O)[C@@H](CCc1ccccc1)CN(CC)C(=O)N1Cc2ccccc2C[C@H]1C(=O)O. The number of amides is 2. The van der Waals surface area contributed by atoms with E-state index in [2.05, 4.69) is 0 Å². The maximum atomic E-state index is 13.5. The molecule has 1 aliphatic heterocycles. The lowest BCUT2D eigenvalue weighted by Crippen LogP contribution is -2.54. The van der Waals surface area contributed by atoms with Crippen molar-refractivity contribution in [2.75, 3.05) is 19.7 Å². The Morgan fingerprint density at radius 3 is 2.36 bits per heavy atom. The highest BCUT2D eigenvalue weighted by Gasteiger charge is 2.37. The Balaban J connectivity index is 1.77. The number of hydrogen-bond donors (Lipinski definition) is 1. The molecule has 0 radical (unpaired) electrons. The number of esters is 1. The highest BCUT2D eigenvalue weighted by Crippen LogP contribution is 2.25. The molecule has 1 aliphatic rings. The average molecular weight is 453 g/mol. The molecular weight excluding hydrogens is 420 g/mol. The van der Waals surface area contributed by atoms with Crippen molar-refractivity contribution in [2.45, 2.75) is 45.7 Å². The third kappa shape index (κ3) is 6.12. The molecule has 33 heavy (non-hydrogen) atoms. The zero-order valence-corrected chi connectivity index (χ0v) is 19.3. The van der Waals surface area contributed by atoms with Gasteiger partial charge in [-0.05, 0) is 43.4 Å². The lowest BCUT2D eigenvalue weighted by molar-refractivity contribution is -0.149. The van der Waals surface area contributed by atoms with Gasteiger partial charge in [0, 0.05) is 26.1 Å². The van der Waals surface area contributed by atoms with Gasteiger partial charge in [-0.25, -0.2) is 9.59 Å². The molecule has 2 aromatic carbocycles. The Labute approximate surface area is 195 Å². The number of carboxylic acids is 1. The number of aliphatic carboxylic acids is 1. The number of carbonyl (C=O) groups excluding carboxylic acids is 2. The summed E-state index contributed by atoms with van der Waals surface area (Å²) in [6.45, 7) is 4.65. The van der Waals surface area contributed by atoms with Gasteiger partial charge in [0.25, 0.3) is 0 Å². The Kier molecular flexibility index (Phi) is 8.46. The number of benzene rings is 2. The molecule has 2 atom stereocenters. The third-order valence-electron chi connectivity index (χ3n) is 6.12. The van der Waals surface area contributed by atoms with Gasteiger partial charge in [-0.1, -0.05) is 54.6 Å². The second-order valence-corrected chi connectivity index (χ2v) is 8.25. The van der Waals surface area contributed by atoms with Crippen LogP contribution in [0.4, 0.5) is 4.79 Å². The van der Waals surface area contributed by atoms with Crippen molar-refractivity contribution in [3.8, 4) is 0 Å². The summed E-state index contributed by atoms with van der Waals surface area (Å²) >= 11 is 0. The van der Waals surface area contributed by atoms with Crippen LogP contribution in [0.1, 0.15) is 37.0 Å². The van der Waals surface area contributed by atoms with E-state index in [-0.39, 0.29) is 38.1 Å². The largest absolute Gasteiger partial charge is 0.480 e. The Hall–Kier alpha value is -3.35. The molecule has 0 aromatic heterocycles. The zero-order valence-electron chi connectivity index (χ0n) is 19.3. The van der Waals surface area contributed by atoms with Crippen LogP contribution >= 0.6 is 0 Å². The molecule has 0 saturated heterocycles. The normalized spacial score (nSPS) is 15.9. The van der Waals surface area contributed by atoms with E-state index in [0.29, 0.717) is 19.4 Å². The first-order valence-electron chi connectivity index (χ1n) is 11.5. The topological polar surface area (TPSA) is 87.2 Å². The molecule has 1 heterocycles. The van der Waals surface area contributed by atoms with Gasteiger partial charge in [-0.15, -0.1) is 0 Å². The highest BCUT2D eigenvalue weighted by atomic mass is 16.5. The van der Waals surface area contributed by atoms with Crippen molar-refractivity contribution in [1.82, 2.24) is 9.80 Å². The fourth-order valence-electron chi connectivity index (χ4n) is 4.26. The highest BCUT2D eigenvalue weighted by molar-refractivity contribution is 5.84. The molecule has 1 N–H and O–H groups in total. The second-order valence-electron chi connectivity index (χ2n) is 8.25. The zero-order chi connectivity index (χ0) is 23.8. The van der Waals surface area contributed by atoms with Crippen molar-refractivity contribution in [3.63, 3.8) is 0 Å². The van der Waals surface area contributed by atoms with Crippen LogP contribution < -0.4 is 0 Å². The van der Waals surface area contributed by atoms with E-state index in [0.717, 1.165) is 16.7 Å². The Morgan fingerprint density at radius 1 is 1.06 bits per heavy atom. The number of aryl methyl sites for hydroxylation is 1. The first-order chi connectivity index (χ1) is 15.9. The number of hydrogen-bond acceptors (Lipinski definition) is 4. The molecular formula is C26H32N2O5. The summed E-state index contributed by atoms with van der Waals surface area (Å²) < 4.78 is 5.28. The Bertz CT molecular complexity index is 962. The molecule has 0 fully saturated rings. The van der Waals surface area contributed by atoms with Crippen LogP contribution in [-0.4, -0.2) is 58.6 Å². The molecule has 0 unspecified atom stereocenters. The number of rotatable bonds is 9. The van der Waals surface area contributed by atoms with Gasteiger partial charge in [0.15, 0.2) is 0 Å². The summed E-state index contributed by atoms with van der Waals surface area (Å²) in [4.78, 5) is 41.1. The van der Waals surface area contributed by atoms with Crippen molar-refractivity contribution in [3.05, 3.63) is 71.3 Å². The second kappa shape index (κ2) is 11.5. The van der Waals surface area contributed by atoms with Crippen molar-refractivity contribution >= 4 is 18.0 Å². The van der Waals surface area contributed by atoms with Crippen LogP contribution in [0.5, 0.6) is 0 Å². The molecule has 7 nitrogen and oxygen atoms in total. The van der Waals surface area contributed by atoms with Gasteiger partial charge >= 0.3 is 18.0 Å². The molecule has 0 saturated carbocycles. The van der Waals surface area contributed by atoms with Gasteiger partial charge in [0.05, 0.1) is 12.5 Å². The Morgan fingerprint density at radius 2 is 1.73 bits per heavy atom. The van der Waals surface area contributed by atoms with Crippen LogP contribution in [0, 0.1) is 5.92 Å². The predicted octanol–water partition coefficient (Wildman–Crippen LogP) is 3.75. The van der Waals surface area contributed by atoms with Crippen LogP contribution in [0.25, 0.3) is 0 Å². The lowest BCUT2D eigenvalue weighted by atomic mass is 9.94. The lowest BCUT2D eigenvalue weighted by Gasteiger charge is -2.38. The summed E-state index contributed by atoms with van der Waals surface area (Å²) in [5.74, 6) is -1.85. The first kappa shape index (κ1) is 24.3. The van der Waals surface area contributed by atoms with Gasteiger partial charge in [-0.2, -0.15) is 0 Å². The molecule has 0 spiro atoms. The van der Waals surface area contributed by atoms with Gasteiger partial charge in [0.2, 0.25) is 0 Å². The van der Waals surface area contributed by atoms with Crippen LogP contribution in [0.15, 0.2) is 54.6 Å². The van der Waals surface area contributed by atoms with Crippen molar-refractivity contribution in [2.24, 2.45) is 5.92 Å². The average Bonchev–Trinajstić information content (AvgIpc) is 2.83. The molecule has 0 aliphatic carbocycles. The van der Waals surface area contributed by atoms with Crippen LogP contribution in [-0.2, 0) is 33.7 Å². The minimum Gasteiger partial charge on any atom is -0.480 e. The van der Waals surface area contributed by atoms with Gasteiger partial charge in [-0.3, -0.25) is 4.79 Å². The smallest absolute Gasteiger partial charge is 0.326 e. The summed E-state index contributed by atoms with van der Waals surface area (Å²) in [6.07, 6.45) is 1.49. The van der Waals surface area contributed by atoms with E-state index in [4.69, 9.17) is 4.74 Å². The number of carboxylic acid groups (broad SMARTS) is 1. The summed E-state index contributed by atoms with van der Waals surface area (Å²) in [6, 6.07) is 16.2. The first-order valence-corrected chi connectivity index (χ1v) is 11.5. The maximum absolute atomic E-state index is 13.5. The molecule has 2 amide bonds. The number of ether oxygens (including phenoxy) is 1. The van der Waals surface area contributed by atoms with Gasteiger partial charge < -0.3 is 19.6 Å². The van der Waals surface area contributed by atoms with E-state index >= 15 is 0 Å². The quantitative estimate of drug-likeness (QED) is 0.586. The van der Waals surface area contributed by atoms with Crippen molar-refractivity contribution in [1.29, 1.82) is 0 Å². The number of urea groups is 1. The molecule has 7 heteroatoms. The predicted molar refractivity (Wildman–Crippen MR) is 125 cm³/mol. The van der Waals surface area contributed by atoms with Gasteiger partial charge in [0.1, 0.15) is 6.04 Å². The minimum atomic E-state index is -1.03. The summed E-state index contributed by atoms with van der Waals surface area (Å²) in [7, 11) is 0. The summed E-state index contributed by atoms with van der Waals surface area (Å²) in [5, 5.41) is 9.80.